The number of ketones is 1. The van der Waals surface area contributed by atoms with E-state index in [-0.39, 0.29) is 5.78 Å². The summed E-state index contributed by atoms with van der Waals surface area (Å²) < 4.78 is 0. The van der Waals surface area contributed by atoms with Crippen molar-refractivity contribution < 1.29 is 4.79 Å². The second kappa shape index (κ2) is 3.33. The molecule has 0 saturated heterocycles. The number of carbonyl (C=O) groups excluding carboxylic acids is 1. The minimum absolute atomic E-state index is 0.0170. The second-order valence-electron chi connectivity index (χ2n) is 1.26. The average Bonchev–Trinajstić information content (AvgIpc) is 1.65. The van der Waals surface area contributed by atoms with Crippen molar-refractivity contribution in [1.29, 1.82) is 0 Å². The van der Waals surface area contributed by atoms with E-state index in [1.807, 2.05) is 0 Å². The van der Waals surface area contributed by atoms with Crippen molar-refractivity contribution in [1.82, 2.24) is 0 Å². The summed E-state index contributed by atoms with van der Waals surface area (Å²) in [7, 11) is 0. The van der Waals surface area contributed by atoms with Crippen molar-refractivity contribution in [3.05, 3.63) is 0 Å². The molecule has 0 heterocycles. The number of hydrogen-bond donors (Lipinski definition) is 1. The summed E-state index contributed by atoms with van der Waals surface area (Å²) in [5, 5.41) is -0.400. The number of thiol groups is 1. The van der Waals surface area contributed by atoms with E-state index in [2.05, 4.69) is 12.6 Å². The smallest absolute Gasteiger partial charge is 0.148 e. The summed E-state index contributed by atoms with van der Waals surface area (Å²) >= 11 is 9.18. The van der Waals surface area contributed by atoms with E-state index in [4.69, 9.17) is 11.6 Å². The molecule has 0 fully saturated rings. The van der Waals surface area contributed by atoms with Gasteiger partial charge in [-0.3, -0.25) is 4.79 Å². The third kappa shape index (κ3) is 2.94. The minimum atomic E-state index is -0.400. The zero-order valence-electron chi connectivity index (χ0n) is 4.02. The minimum Gasteiger partial charge on any atom is -0.298 e. The molecule has 0 aliphatic rings. The van der Waals surface area contributed by atoms with Crippen LogP contribution in [0.2, 0.25) is 0 Å². The molecular weight excluding hydrogens is 132 g/mol. The van der Waals surface area contributed by atoms with Gasteiger partial charge in [0, 0.05) is 5.75 Å². The van der Waals surface area contributed by atoms with Gasteiger partial charge in [0.1, 0.15) is 11.2 Å². The molecule has 0 spiro atoms. The van der Waals surface area contributed by atoms with Crippen LogP contribution < -0.4 is 0 Å². The third-order valence-corrected chi connectivity index (χ3v) is 1.64. The predicted octanol–water partition coefficient (Wildman–Crippen LogP) is 1.11. The lowest BCUT2D eigenvalue weighted by molar-refractivity contribution is -0.116. The molecule has 0 N–H and O–H groups in total. The normalized spacial score (nSPS) is 13.6. The topological polar surface area (TPSA) is 17.1 Å². The molecule has 42 valence electrons. The maximum atomic E-state index is 10.2. The van der Waals surface area contributed by atoms with E-state index < -0.39 is 5.38 Å². The van der Waals surface area contributed by atoms with Crippen LogP contribution in [0.25, 0.3) is 0 Å². The maximum Gasteiger partial charge on any atom is 0.148 e. The summed E-state index contributed by atoms with van der Waals surface area (Å²) in [6.45, 7) is 1.45. The molecule has 1 nitrogen and oxygen atoms in total. The van der Waals surface area contributed by atoms with Crippen LogP contribution in [-0.2, 0) is 4.79 Å². The highest BCUT2D eigenvalue weighted by Gasteiger charge is 2.04. The molecular formula is C4H7ClOS. The Morgan fingerprint density at radius 2 is 2.43 bits per heavy atom. The fourth-order valence-corrected chi connectivity index (χ4v) is 0.386. The molecule has 0 aromatic heterocycles. The fraction of sp³-hybridized carbons (Fsp3) is 0.750. The van der Waals surface area contributed by atoms with Crippen molar-refractivity contribution in [3.8, 4) is 0 Å². The van der Waals surface area contributed by atoms with Crippen LogP contribution in [0.15, 0.2) is 0 Å². The van der Waals surface area contributed by atoms with E-state index in [0.29, 0.717) is 5.75 Å². The predicted molar refractivity (Wildman–Crippen MR) is 34.2 cm³/mol. The Bertz CT molecular complexity index is 74.1. The molecule has 0 aliphatic carbocycles. The van der Waals surface area contributed by atoms with Crippen LogP contribution in [0.4, 0.5) is 0 Å². The lowest BCUT2D eigenvalue weighted by Crippen LogP contribution is -2.10. The molecule has 1 unspecified atom stereocenters. The van der Waals surface area contributed by atoms with E-state index in [1.54, 1.807) is 0 Å². The van der Waals surface area contributed by atoms with Gasteiger partial charge in [0.15, 0.2) is 0 Å². The van der Waals surface area contributed by atoms with Crippen molar-refractivity contribution in [2.45, 2.75) is 12.3 Å². The van der Waals surface area contributed by atoms with Gasteiger partial charge >= 0.3 is 0 Å². The molecule has 0 bridgehead atoms. The van der Waals surface area contributed by atoms with Crippen LogP contribution in [0.5, 0.6) is 0 Å². The van der Waals surface area contributed by atoms with Crippen LogP contribution in [0.1, 0.15) is 6.92 Å². The Hall–Kier alpha value is 0.310. The highest BCUT2D eigenvalue weighted by atomic mass is 35.5. The quantitative estimate of drug-likeness (QED) is 0.447. The third-order valence-electron chi connectivity index (χ3n) is 0.601. The van der Waals surface area contributed by atoms with Gasteiger partial charge in [0.05, 0.1) is 0 Å². The Morgan fingerprint density at radius 1 is 2.00 bits per heavy atom. The first-order valence-corrected chi connectivity index (χ1v) is 3.00. The molecule has 7 heavy (non-hydrogen) atoms. The zero-order valence-corrected chi connectivity index (χ0v) is 5.67. The van der Waals surface area contributed by atoms with Gasteiger partial charge in [0.2, 0.25) is 0 Å². The first-order chi connectivity index (χ1) is 3.18. The molecule has 0 aromatic carbocycles. The van der Waals surface area contributed by atoms with E-state index in [0.717, 1.165) is 0 Å². The van der Waals surface area contributed by atoms with Gasteiger partial charge in [-0.1, -0.05) is 0 Å². The van der Waals surface area contributed by atoms with Crippen LogP contribution in [0, 0.1) is 0 Å². The first-order valence-electron chi connectivity index (χ1n) is 1.94. The number of rotatable bonds is 2. The van der Waals surface area contributed by atoms with Crippen molar-refractivity contribution >= 4 is 30.0 Å². The van der Waals surface area contributed by atoms with Crippen molar-refractivity contribution in [2.24, 2.45) is 0 Å². The number of carbonyl (C=O) groups is 1. The molecule has 0 aliphatic heterocycles. The van der Waals surface area contributed by atoms with Crippen LogP contribution in [-0.4, -0.2) is 16.9 Å². The Labute approximate surface area is 53.5 Å². The SMILES string of the molecule is CC(=O)C(Cl)CS. The first kappa shape index (κ1) is 7.31. The molecule has 1 atom stereocenters. The monoisotopic (exact) mass is 138 g/mol. The van der Waals surface area contributed by atoms with E-state index in [1.165, 1.54) is 6.92 Å². The van der Waals surface area contributed by atoms with Gasteiger partial charge in [-0.2, -0.15) is 12.6 Å². The van der Waals surface area contributed by atoms with E-state index >= 15 is 0 Å². The second-order valence-corrected chi connectivity index (χ2v) is 2.15. The van der Waals surface area contributed by atoms with Gasteiger partial charge in [0.25, 0.3) is 0 Å². The fourth-order valence-electron chi connectivity index (χ4n) is 0.129. The maximum absolute atomic E-state index is 10.2. The number of Topliss-reactive ketones (excluding diaryl/α,β-unsaturated/α-hetero) is 1. The van der Waals surface area contributed by atoms with Crippen LogP contribution in [0.3, 0.4) is 0 Å². The number of alkyl halides is 1. The van der Waals surface area contributed by atoms with Gasteiger partial charge in [-0.25, -0.2) is 0 Å². The number of halogens is 1. The molecule has 0 amide bonds. The number of hydrogen-bond acceptors (Lipinski definition) is 2. The summed E-state index contributed by atoms with van der Waals surface area (Å²) in [5.41, 5.74) is 0. The summed E-state index contributed by atoms with van der Waals surface area (Å²) in [4.78, 5) is 10.2. The largest absolute Gasteiger partial charge is 0.298 e. The van der Waals surface area contributed by atoms with E-state index in [9.17, 15) is 4.79 Å². The highest BCUT2D eigenvalue weighted by Crippen LogP contribution is 1.97. The molecule has 0 rings (SSSR count). The molecule has 0 aromatic rings. The molecule has 0 saturated carbocycles. The highest BCUT2D eigenvalue weighted by molar-refractivity contribution is 7.80. The van der Waals surface area contributed by atoms with Gasteiger partial charge < -0.3 is 0 Å². The summed E-state index contributed by atoms with van der Waals surface area (Å²) in [5.74, 6) is 0.410. The Kier molecular flexibility index (Phi) is 3.48. The lowest BCUT2D eigenvalue weighted by atomic mass is 10.3. The Morgan fingerprint density at radius 3 is 2.43 bits per heavy atom. The summed E-state index contributed by atoms with van der Waals surface area (Å²) in [6.07, 6.45) is 0. The molecule has 3 heteroatoms. The standard InChI is InChI=1S/C4H7ClOS/c1-3(6)4(5)2-7/h4,7H,2H2,1H3. The average molecular weight is 139 g/mol. The van der Waals surface area contributed by atoms with Gasteiger partial charge in [-0.15, -0.1) is 11.6 Å². The van der Waals surface area contributed by atoms with Crippen molar-refractivity contribution in [2.75, 3.05) is 5.75 Å². The van der Waals surface area contributed by atoms with Gasteiger partial charge in [-0.05, 0) is 6.92 Å². The summed E-state index contributed by atoms with van der Waals surface area (Å²) in [6, 6.07) is 0. The van der Waals surface area contributed by atoms with Crippen LogP contribution >= 0.6 is 24.2 Å². The molecule has 0 radical (unpaired) electrons. The zero-order chi connectivity index (χ0) is 5.86. The van der Waals surface area contributed by atoms with Crippen molar-refractivity contribution in [3.63, 3.8) is 0 Å². The Balaban J connectivity index is 3.34. The lowest BCUT2D eigenvalue weighted by Gasteiger charge is -1.95.